The number of hydrogen-bond acceptors (Lipinski definition) is 3. The molecule has 1 aromatic heterocycles. The van der Waals surface area contributed by atoms with Crippen molar-refractivity contribution in [2.75, 3.05) is 6.61 Å². The second-order valence-corrected chi connectivity index (χ2v) is 2.80. The Labute approximate surface area is 72.4 Å². The summed E-state index contributed by atoms with van der Waals surface area (Å²) < 4.78 is 4.91. The normalized spacial score (nSPS) is 13.2. The van der Waals surface area contributed by atoms with E-state index in [2.05, 4.69) is 5.32 Å². The lowest BCUT2D eigenvalue weighted by Gasteiger charge is -2.12. The fourth-order valence-corrected chi connectivity index (χ4v) is 0.993. The van der Waals surface area contributed by atoms with Gasteiger partial charge in [-0.2, -0.15) is 0 Å². The van der Waals surface area contributed by atoms with Crippen LogP contribution in [-0.2, 0) is 6.54 Å². The van der Waals surface area contributed by atoms with Crippen LogP contribution in [0.1, 0.15) is 18.9 Å². The predicted octanol–water partition coefficient (Wildman–Crippen LogP) is 1.14. The third-order valence-electron chi connectivity index (χ3n) is 1.89. The highest BCUT2D eigenvalue weighted by atomic mass is 16.3. The summed E-state index contributed by atoms with van der Waals surface area (Å²) in [5.74, 6) is 0. The van der Waals surface area contributed by atoms with Gasteiger partial charge in [-0.05, 0) is 12.5 Å². The molecule has 0 saturated carbocycles. The summed E-state index contributed by atoms with van der Waals surface area (Å²) in [6, 6.07) is 2.11. The third kappa shape index (κ3) is 2.68. The zero-order valence-electron chi connectivity index (χ0n) is 7.29. The van der Waals surface area contributed by atoms with Gasteiger partial charge in [0.2, 0.25) is 0 Å². The summed E-state index contributed by atoms with van der Waals surface area (Å²) >= 11 is 0. The number of hydrogen-bond donors (Lipinski definition) is 2. The standard InChI is InChI=1S/C9H15NO2/c1-2-9(6-11)10-5-8-3-4-12-7-8/h3-4,7,9-11H,2,5-6H2,1H3/t9-/m0/s1. The van der Waals surface area contributed by atoms with Gasteiger partial charge in [-0.15, -0.1) is 0 Å². The van der Waals surface area contributed by atoms with Crippen LogP contribution in [0.15, 0.2) is 23.0 Å². The summed E-state index contributed by atoms with van der Waals surface area (Å²) in [6.45, 7) is 2.99. The topological polar surface area (TPSA) is 45.4 Å². The summed E-state index contributed by atoms with van der Waals surface area (Å²) in [7, 11) is 0. The molecule has 0 unspecified atom stereocenters. The van der Waals surface area contributed by atoms with Gasteiger partial charge >= 0.3 is 0 Å². The molecule has 0 aliphatic carbocycles. The Morgan fingerprint density at radius 3 is 3.00 bits per heavy atom. The van der Waals surface area contributed by atoms with Gasteiger partial charge in [-0.1, -0.05) is 6.92 Å². The van der Waals surface area contributed by atoms with E-state index in [1.807, 2.05) is 13.0 Å². The summed E-state index contributed by atoms with van der Waals surface area (Å²) in [5.41, 5.74) is 1.11. The van der Waals surface area contributed by atoms with Gasteiger partial charge < -0.3 is 14.8 Å². The molecule has 0 aliphatic rings. The molecule has 0 fully saturated rings. The molecule has 1 heterocycles. The van der Waals surface area contributed by atoms with Gasteiger partial charge in [0.15, 0.2) is 0 Å². The molecule has 0 saturated heterocycles. The summed E-state index contributed by atoms with van der Waals surface area (Å²) in [5, 5.41) is 12.1. The quantitative estimate of drug-likeness (QED) is 0.694. The van der Waals surface area contributed by atoms with E-state index in [1.165, 1.54) is 0 Å². The van der Waals surface area contributed by atoms with E-state index in [0.717, 1.165) is 18.5 Å². The molecule has 1 atom stereocenters. The van der Waals surface area contributed by atoms with Crippen molar-refractivity contribution in [2.24, 2.45) is 0 Å². The highest BCUT2D eigenvalue weighted by molar-refractivity contribution is 5.04. The van der Waals surface area contributed by atoms with Crippen molar-refractivity contribution in [3.8, 4) is 0 Å². The lowest BCUT2D eigenvalue weighted by atomic mass is 10.2. The SMILES string of the molecule is CC[C@@H](CO)NCc1ccoc1. The molecule has 2 N–H and O–H groups in total. The average Bonchev–Trinajstić information content (AvgIpc) is 2.59. The van der Waals surface area contributed by atoms with Crippen molar-refractivity contribution in [3.05, 3.63) is 24.2 Å². The maximum Gasteiger partial charge on any atom is 0.0947 e. The Morgan fingerprint density at radius 2 is 2.50 bits per heavy atom. The fourth-order valence-electron chi connectivity index (χ4n) is 0.993. The second-order valence-electron chi connectivity index (χ2n) is 2.80. The smallest absolute Gasteiger partial charge is 0.0947 e. The van der Waals surface area contributed by atoms with Crippen LogP contribution in [0.3, 0.4) is 0 Å². The zero-order chi connectivity index (χ0) is 8.81. The van der Waals surface area contributed by atoms with E-state index in [1.54, 1.807) is 12.5 Å². The molecule has 0 bridgehead atoms. The summed E-state index contributed by atoms with van der Waals surface area (Å²) in [4.78, 5) is 0. The lowest BCUT2D eigenvalue weighted by molar-refractivity contribution is 0.238. The van der Waals surface area contributed by atoms with Crippen LogP contribution in [-0.4, -0.2) is 17.8 Å². The minimum absolute atomic E-state index is 0.189. The molecule has 68 valence electrons. The maximum atomic E-state index is 8.87. The van der Waals surface area contributed by atoms with Gasteiger partial charge in [0.05, 0.1) is 19.1 Å². The van der Waals surface area contributed by atoms with Crippen molar-refractivity contribution in [1.82, 2.24) is 5.32 Å². The van der Waals surface area contributed by atoms with Crippen molar-refractivity contribution in [2.45, 2.75) is 25.9 Å². The number of nitrogens with one attached hydrogen (secondary N) is 1. The Hall–Kier alpha value is -0.800. The molecule has 0 amide bonds. The summed E-state index contributed by atoms with van der Waals surface area (Å²) in [6.07, 6.45) is 4.29. The molecule has 0 aliphatic heterocycles. The molecular weight excluding hydrogens is 154 g/mol. The van der Waals surface area contributed by atoms with Crippen LogP contribution in [0.25, 0.3) is 0 Å². The van der Waals surface area contributed by atoms with Crippen molar-refractivity contribution >= 4 is 0 Å². The van der Waals surface area contributed by atoms with E-state index < -0.39 is 0 Å². The van der Waals surface area contributed by atoms with Crippen LogP contribution in [0.5, 0.6) is 0 Å². The van der Waals surface area contributed by atoms with E-state index in [0.29, 0.717) is 0 Å². The fraction of sp³-hybridized carbons (Fsp3) is 0.556. The monoisotopic (exact) mass is 169 g/mol. The second kappa shape index (κ2) is 4.95. The minimum atomic E-state index is 0.189. The number of aliphatic hydroxyl groups is 1. The molecule has 3 nitrogen and oxygen atoms in total. The van der Waals surface area contributed by atoms with Crippen LogP contribution in [0, 0.1) is 0 Å². The van der Waals surface area contributed by atoms with Crippen LogP contribution >= 0.6 is 0 Å². The van der Waals surface area contributed by atoms with Crippen molar-refractivity contribution in [1.29, 1.82) is 0 Å². The Bertz CT molecular complexity index is 192. The zero-order valence-corrected chi connectivity index (χ0v) is 7.29. The Balaban J connectivity index is 2.25. The largest absolute Gasteiger partial charge is 0.472 e. The first-order valence-corrected chi connectivity index (χ1v) is 4.22. The first-order chi connectivity index (χ1) is 5.86. The molecule has 0 spiro atoms. The van der Waals surface area contributed by atoms with Gasteiger partial charge in [0.25, 0.3) is 0 Å². The molecular formula is C9H15NO2. The van der Waals surface area contributed by atoms with E-state index in [9.17, 15) is 0 Å². The van der Waals surface area contributed by atoms with E-state index in [4.69, 9.17) is 9.52 Å². The number of aliphatic hydroxyl groups excluding tert-OH is 1. The maximum absolute atomic E-state index is 8.87. The van der Waals surface area contributed by atoms with Gasteiger partial charge in [-0.3, -0.25) is 0 Å². The van der Waals surface area contributed by atoms with E-state index >= 15 is 0 Å². The first kappa shape index (κ1) is 9.29. The van der Waals surface area contributed by atoms with E-state index in [-0.39, 0.29) is 12.6 Å². The predicted molar refractivity (Wildman–Crippen MR) is 46.7 cm³/mol. The highest BCUT2D eigenvalue weighted by Gasteiger charge is 2.02. The molecule has 0 aromatic carbocycles. The average molecular weight is 169 g/mol. The van der Waals surface area contributed by atoms with Crippen molar-refractivity contribution < 1.29 is 9.52 Å². The molecule has 3 heteroatoms. The number of furan rings is 1. The highest BCUT2D eigenvalue weighted by Crippen LogP contribution is 2.00. The van der Waals surface area contributed by atoms with Crippen LogP contribution in [0.4, 0.5) is 0 Å². The van der Waals surface area contributed by atoms with Gasteiger partial charge in [0, 0.05) is 18.2 Å². The Kier molecular flexibility index (Phi) is 3.84. The Morgan fingerprint density at radius 1 is 1.67 bits per heavy atom. The molecule has 12 heavy (non-hydrogen) atoms. The molecule has 1 rings (SSSR count). The van der Waals surface area contributed by atoms with Crippen LogP contribution < -0.4 is 5.32 Å². The van der Waals surface area contributed by atoms with Crippen molar-refractivity contribution in [3.63, 3.8) is 0 Å². The van der Waals surface area contributed by atoms with Gasteiger partial charge in [-0.25, -0.2) is 0 Å². The van der Waals surface area contributed by atoms with Gasteiger partial charge in [0.1, 0.15) is 0 Å². The van der Waals surface area contributed by atoms with Crippen LogP contribution in [0.2, 0.25) is 0 Å². The number of rotatable bonds is 5. The lowest BCUT2D eigenvalue weighted by Crippen LogP contribution is -2.30. The molecule has 1 aromatic rings. The molecule has 0 radical (unpaired) electrons. The minimum Gasteiger partial charge on any atom is -0.472 e. The third-order valence-corrected chi connectivity index (χ3v) is 1.89. The first-order valence-electron chi connectivity index (χ1n) is 4.22.